The van der Waals surface area contributed by atoms with Crippen molar-refractivity contribution in [1.29, 1.82) is 0 Å². The van der Waals surface area contributed by atoms with Crippen LogP contribution in [0.25, 0.3) is 0 Å². The van der Waals surface area contributed by atoms with E-state index in [1.807, 2.05) is 28.1 Å². The van der Waals surface area contributed by atoms with E-state index >= 15 is 0 Å². The van der Waals surface area contributed by atoms with Crippen molar-refractivity contribution in [3.05, 3.63) is 83.2 Å². The van der Waals surface area contributed by atoms with Crippen LogP contribution in [-0.4, -0.2) is 130 Å². The normalized spacial score (nSPS) is 14.0. The monoisotopic (exact) mass is 1090 g/mol. The van der Waals surface area contributed by atoms with Crippen LogP contribution in [0.1, 0.15) is 44.6 Å². The van der Waals surface area contributed by atoms with Gasteiger partial charge in [0.1, 0.15) is 37.5 Å². The molecule has 70 heavy (non-hydrogen) atoms. The molecular weight excluding hydrogens is 1030 g/mol. The van der Waals surface area contributed by atoms with E-state index in [2.05, 4.69) is 74.9 Å². The first kappa shape index (κ1) is 63.8. The second kappa shape index (κ2) is 31.9. The van der Waals surface area contributed by atoms with Crippen molar-refractivity contribution in [3.63, 3.8) is 0 Å². The molecule has 5 rings (SSSR count). The smallest absolute Gasteiger partial charge is 0.317 e. The Morgan fingerprint density at radius 3 is 2.24 bits per heavy atom. The van der Waals surface area contributed by atoms with Crippen molar-refractivity contribution in [2.75, 3.05) is 87.4 Å². The molecule has 24 heteroatoms. The van der Waals surface area contributed by atoms with Gasteiger partial charge in [0, 0.05) is 50.8 Å². The number of anilines is 2. The zero-order valence-electron chi connectivity index (χ0n) is 40.7. The van der Waals surface area contributed by atoms with Gasteiger partial charge in [0.2, 0.25) is 10.7 Å². The fraction of sp³-hybridized carbons (Fsp3) is 0.478. The second-order valence-electron chi connectivity index (χ2n) is 16.1. The first-order valence-corrected chi connectivity index (χ1v) is 27.7. The van der Waals surface area contributed by atoms with Crippen LogP contribution in [0.3, 0.4) is 0 Å². The number of aromatic nitrogens is 2. The SMILES string of the molecule is C#CCN1C(=O)COc2cc(F)c(N=c3snc4n3CC(C)(C)C4)cc21.C=CCN(CC=C)C(=O)C(Cl)Cl.CCc1cccc(CC)c1N(COC)C(=O)CCl.C[S+](C)C.O=C(O)CNCP(=O)([O-])O. The molecule has 2 aromatic carbocycles. The quantitative estimate of drug-likeness (QED) is 0.0360. The Hall–Kier alpha value is -4.26. The fourth-order valence-corrected chi connectivity index (χ4v) is 7.85. The minimum Gasteiger partial charge on any atom is -0.778 e. The molecule has 0 bridgehead atoms. The van der Waals surface area contributed by atoms with Crippen LogP contribution >= 0.6 is 53.9 Å². The number of nitrogens with zero attached hydrogens (tertiary/aromatic N) is 6. The molecule has 3 N–H and O–H groups in total. The van der Waals surface area contributed by atoms with Crippen LogP contribution in [0.5, 0.6) is 5.75 Å². The van der Waals surface area contributed by atoms with E-state index in [0.29, 0.717) is 40.2 Å². The van der Waals surface area contributed by atoms with Crippen molar-refractivity contribution in [2.24, 2.45) is 10.4 Å². The number of carbonyl (C=O) groups excluding carboxylic acids is 3. The molecule has 3 aromatic rings. The minimum absolute atomic E-state index is 0.0371. The lowest BCUT2D eigenvalue weighted by molar-refractivity contribution is -0.193. The molecule has 0 aliphatic carbocycles. The van der Waals surface area contributed by atoms with Gasteiger partial charge in [-0.25, -0.2) is 9.38 Å². The largest absolute Gasteiger partial charge is 0.778 e. The van der Waals surface area contributed by atoms with E-state index in [9.17, 15) is 33.0 Å². The standard InChI is InChI=1S/C18H17FN4O2S.C14H20ClNO2.C8H11Cl2NO.C3H8NO5P.C3H9S/c1-4-5-22-13-7-12(11(19)6-14(13)25-9-16(22)24)20-17-23-10-18(2,3)8-15(23)21-26-17;1-4-11-7-6-8-12(5-2)14(11)16(10-18-3)13(17)9-15;1-3-5-11(6-4-2)8(12)7(9)10;5-3(6)1-4-2-10(7,8)9;1-4(2)3/h1,6-7H,5,8-10H2,2-3H3;6-8H,4-5,9-10H2,1-3H3;3-4,7H,1-2,5-6H2;4H,1-2H2,(H,5,6)(H2,7,8,9);1-3H3/q;;;;+1/p-1. The number of halogens is 4. The third-order valence-electron chi connectivity index (χ3n) is 9.13. The topological polar surface area (TPSA) is 219 Å². The van der Waals surface area contributed by atoms with Gasteiger partial charge in [-0.2, -0.15) is 4.37 Å². The summed E-state index contributed by atoms with van der Waals surface area (Å²) in [5.41, 5.74) is 3.92. The number of aliphatic carboxylic acids is 1. The highest BCUT2D eigenvalue weighted by Gasteiger charge is 2.31. The van der Waals surface area contributed by atoms with Crippen molar-refractivity contribution in [2.45, 2.75) is 58.3 Å². The third kappa shape index (κ3) is 22.0. The van der Waals surface area contributed by atoms with E-state index in [0.717, 1.165) is 48.4 Å². The summed E-state index contributed by atoms with van der Waals surface area (Å²) >= 11 is 17.7. The van der Waals surface area contributed by atoms with Gasteiger partial charge in [-0.15, -0.1) is 31.2 Å². The Morgan fingerprint density at radius 1 is 1.19 bits per heavy atom. The summed E-state index contributed by atoms with van der Waals surface area (Å²) < 4.78 is 41.4. The summed E-state index contributed by atoms with van der Waals surface area (Å²) in [5, 5.41) is 9.97. The summed E-state index contributed by atoms with van der Waals surface area (Å²) in [4.78, 5) is 71.6. The lowest BCUT2D eigenvalue weighted by atomic mass is 9.92. The number of hydrogen-bond donors (Lipinski definition) is 3. The highest BCUT2D eigenvalue weighted by molar-refractivity contribution is 7.94. The van der Waals surface area contributed by atoms with Gasteiger partial charge in [0.05, 0.1) is 49.5 Å². The molecule has 2 aliphatic heterocycles. The summed E-state index contributed by atoms with van der Waals surface area (Å²) in [6.45, 7) is 16.8. The molecule has 3 heterocycles. The number of benzene rings is 2. The zero-order chi connectivity index (χ0) is 53.4. The number of aryl methyl sites for hydroxylation is 2. The number of ether oxygens (including phenoxy) is 2. The maximum Gasteiger partial charge on any atom is 0.317 e. The van der Waals surface area contributed by atoms with Crippen LogP contribution in [-0.2, 0) is 65.2 Å². The average Bonchev–Trinajstić information content (AvgIpc) is 3.80. The zero-order valence-corrected chi connectivity index (χ0v) is 45.5. The second-order valence-corrected chi connectivity index (χ2v) is 22.3. The number of para-hydroxylation sites is 1. The molecule has 2 aliphatic rings. The molecule has 0 radical (unpaired) electrons. The van der Waals surface area contributed by atoms with Gasteiger partial charge in [-0.3, -0.25) is 34.3 Å². The van der Waals surface area contributed by atoms with Gasteiger partial charge in [0.15, 0.2) is 17.3 Å². The van der Waals surface area contributed by atoms with Crippen molar-refractivity contribution >= 4 is 106 Å². The lowest BCUT2D eigenvalue weighted by Crippen LogP contribution is -2.39. The number of amides is 3. The minimum atomic E-state index is -4.35. The van der Waals surface area contributed by atoms with Gasteiger partial charge in [-0.05, 0) is 46.3 Å². The van der Waals surface area contributed by atoms with Gasteiger partial charge in [-0.1, -0.05) is 87.2 Å². The Kier molecular flexibility index (Phi) is 29.1. The predicted molar refractivity (Wildman–Crippen MR) is 279 cm³/mol. The molecule has 1 unspecified atom stereocenters. The van der Waals surface area contributed by atoms with Crippen molar-refractivity contribution in [3.8, 4) is 18.1 Å². The third-order valence-corrected chi connectivity index (χ3v) is 11.1. The molecule has 0 spiro atoms. The number of hydrogen-bond acceptors (Lipinski definition) is 12. The Bertz CT molecular complexity index is 2360. The Morgan fingerprint density at radius 2 is 1.77 bits per heavy atom. The number of carboxylic acid groups (broad SMARTS) is 1. The molecule has 17 nitrogen and oxygen atoms in total. The Balaban J connectivity index is 0.000000487. The maximum atomic E-state index is 14.5. The molecule has 1 atom stereocenters. The van der Waals surface area contributed by atoms with Gasteiger partial charge < -0.3 is 38.4 Å². The van der Waals surface area contributed by atoms with Crippen LogP contribution < -0.4 is 29.5 Å². The first-order valence-electron chi connectivity index (χ1n) is 21.3. The number of methoxy groups -OCH3 is 1. The van der Waals surface area contributed by atoms with Crippen LogP contribution in [0, 0.1) is 23.6 Å². The number of terminal acetylenes is 1. The highest BCUT2D eigenvalue weighted by atomic mass is 35.5. The highest BCUT2D eigenvalue weighted by Crippen LogP contribution is 2.38. The lowest BCUT2D eigenvalue weighted by Gasteiger charge is -2.28. The van der Waals surface area contributed by atoms with Crippen LogP contribution in [0.15, 0.2) is 60.6 Å². The van der Waals surface area contributed by atoms with E-state index in [-0.39, 0.29) is 54.6 Å². The van der Waals surface area contributed by atoms with E-state index in [4.69, 9.17) is 60.7 Å². The van der Waals surface area contributed by atoms with E-state index < -0.39 is 37.0 Å². The maximum absolute atomic E-state index is 14.5. The van der Waals surface area contributed by atoms with E-state index in [1.54, 1.807) is 24.2 Å². The summed E-state index contributed by atoms with van der Waals surface area (Å²) in [7, 11) is -2.13. The molecule has 1 aromatic heterocycles. The van der Waals surface area contributed by atoms with Gasteiger partial charge in [0.25, 0.3) is 11.8 Å². The number of fused-ring (bicyclic) bond motifs is 2. The van der Waals surface area contributed by atoms with Crippen molar-refractivity contribution in [1.82, 2.24) is 19.2 Å². The number of nitrogens with one attached hydrogen (secondary N) is 1. The number of alkyl halides is 3. The average molecular weight is 1100 g/mol. The summed E-state index contributed by atoms with van der Waals surface area (Å²) in [6.07, 6.45) is 17.1. The number of carbonyl (C=O) groups is 4. The summed E-state index contributed by atoms with van der Waals surface area (Å²) in [6, 6.07) is 8.86. The molecule has 0 fully saturated rings. The number of carboxylic acids is 1. The molecule has 3 amide bonds. The fourth-order valence-electron chi connectivity index (χ4n) is 6.28. The van der Waals surface area contributed by atoms with Gasteiger partial charge >= 0.3 is 5.97 Å². The Labute approximate surface area is 432 Å². The molecule has 0 saturated heterocycles. The van der Waals surface area contributed by atoms with E-state index in [1.165, 1.54) is 33.5 Å². The van der Waals surface area contributed by atoms with Crippen molar-refractivity contribution < 1.29 is 52.5 Å². The summed E-state index contributed by atoms with van der Waals surface area (Å²) in [5.74, 6) is 1.26. The molecule has 388 valence electrons. The van der Waals surface area contributed by atoms with Crippen LogP contribution in [0.2, 0.25) is 0 Å². The number of rotatable bonds is 17. The van der Waals surface area contributed by atoms with Crippen LogP contribution in [0.4, 0.5) is 21.5 Å². The molecular formula is C46H64Cl3FN7O10PS2. The molecule has 0 saturated carbocycles. The first-order chi connectivity index (χ1) is 32.8. The predicted octanol–water partition coefficient (Wildman–Crippen LogP) is 5.89.